The average Bonchev–Trinajstić information content (AvgIpc) is 3.09. The Morgan fingerprint density at radius 2 is 1.09 bits per heavy atom. The lowest BCUT2D eigenvalue weighted by Crippen LogP contribution is -2.63. The summed E-state index contributed by atoms with van der Waals surface area (Å²) in [6.45, 7) is 11.6. The van der Waals surface area contributed by atoms with Gasteiger partial charge in [0, 0.05) is 38.3 Å². The summed E-state index contributed by atoms with van der Waals surface area (Å²) in [5.74, 6) is 0. The van der Waals surface area contributed by atoms with Crippen molar-refractivity contribution < 1.29 is 9.53 Å². The quantitative estimate of drug-likeness (QED) is 0.147. The molecule has 0 radical (unpaired) electrons. The predicted octanol–water partition coefficient (Wildman–Crippen LogP) is 7.71. The van der Waals surface area contributed by atoms with Gasteiger partial charge in [-0.05, 0) is 69.0 Å². The van der Waals surface area contributed by atoms with Crippen LogP contribution < -0.4 is 5.32 Å². The molecule has 0 saturated carbocycles. The predicted molar refractivity (Wildman–Crippen MR) is 187 cm³/mol. The zero-order valence-corrected chi connectivity index (χ0v) is 27.7. The molecule has 1 aliphatic heterocycles. The number of piperidine rings is 1. The second kappa shape index (κ2) is 16.5. The maximum absolute atomic E-state index is 14.4. The number of nitrogens with one attached hydrogen (secondary N) is 1. The Balaban J connectivity index is 1.37. The molecular weight excluding hydrogens is 568 g/mol. The number of carbonyl (C=O) groups is 1. The molecule has 1 atom stereocenters. The van der Waals surface area contributed by atoms with E-state index in [-0.39, 0.29) is 18.2 Å². The minimum atomic E-state index is -0.609. The first-order valence-electron chi connectivity index (χ1n) is 16.7. The van der Waals surface area contributed by atoms with E-state index in [2.05, 4.69) is 145 Å². The molecule has 242 valence electrons. The fourth-order valence-corrected chi connectivity index (χ4v) is 6.46. The van der Waals surface area contributed by atoms with Gasteiger partial charge < -0.3 is 10.1 Å². The SMILES string of the molecule is C[C@@H](COC(=O)N(C1CCNCC1)C(C)(C)N(Cc1ccccc1)Cc1ccccc1)N(Cc1ccccc1)Cc1ccccc1. The average molecular weight is 619 g/mol. The largest absolute Gasteiger partial charge is 0.448 e. The molecule has 46 heavy (non-hydrogen) atoms. The lowest BCUT2D eigenvalue weighted by molar-refractivity contribution is -0.0674. The first kappa shape index (κ1) is 33.4. The molecule has 0 unspecified atom stereocenters. The van der Waals surface area contributed by atoms with E-state index in [1.165, 1.54) is 22.3 Å². The molecule has 4 aromatic carbocycles. The van der Waals surface area contributed by atoms with Gasteiger partial charge in [0.05, 0.1) is 5.66 Å². The molecule has 1 amide bonds. The van der Waals surface area contributed by atoms with Crippen molar-refractivity contribution in [3.63, 3.8) is 0 Å². The molecule has 1 N–H and O–H groups in total. The lowest BCUT2D eigenvalue weighted by Gasteiger charge is -2.50. The number of rotatable bonds is 14. The Bertz CT molecular complexity index is 1360. The van der Waals surface area contributed by atoms with Crippen molar-refractivity contribution in [2.75, 3.05) is 19.7 Å². The molecule has 0 aliphatic carbocycles. The summed E-state index contributed by atoms with van der Waals surface area (Å²) in [5.41, 5.74) is 4.31. The number of hydrogen-bond donors (Lipinski definition) is 1. The first-order chi connectivity index (χ1) is 22.4. The summed E-state index contributed by atoms with van der Waals surface area (Å²) in [6, 6.07) is 42.2. The van der Waals surface area contributed by atoms with Crippen LogP contribution >= 0.6 is 0 Å². The topological polar surface area (TPSA) is 48.1 Å². The second-order valence-electron chi connectivity index (χ2n) is 13.0. The zero-order chi connectivity index (χ0) is 32.2. The molecule has 1 heterocycles. The first-order valence-corrected chi connectivity index (χ1v) is 16.7. The van der Waals surface area contributed by atoms with Gasteiger partial charge in [-0.25, -0.2) is 4.79 Å². The van der Waals surface area contributed by atoms with Crippen molar-refractivity contribution in [2.45, 2.75) is 77.5 Å². The van der Waals surface area contributed by atoms with Gasteiger partial charge >= 0.3 is 6.09 Å². The fourth-order valence-electron chi connectivity index (χ4n) is 6.46. The van der Waals surface area contributed by atoms with E-state index in [0.717, 1.165) is 52.1 Å². The van der Waals surface area contributed by atoms with Gasteiger partial charge in [0.2, 0.25) is 0 Å². The fraction of sp³-hybridized carbons (Fsp3) is 0.375. The minimum absolute atomic E-state index is 0.0205. The van der Waals surface area contributed by atoms with E-state index < -0.39 is 5.66 Å². The third kappa shape index (κ3) is 9.29. The van der Waals surface area contributed by atoms with Crippen LogP contribution in [-0.4, -0.2) is 58.2 Å². The van der Waals surface area contributed by atoms with Crippen LogP contribution in [0.5, 0.6) is 0 Å². The number of carbonyl (C=O) groups excluding carboxylic acids is 1. The Hall–Kier alpha value is -3.97. The molecular formula is C40H50N4O2. The van der Waals surface area contributed by atoms with Crippen molar-refractivity contribution >= 4 is 6.09 Å². The second-order valence-corrected chi connectivity index (χ2v) is 13.0. The minimum Gasteiger partial charge on any atom is -0.448 e. The van der Waals surface area contributed by atoms with Crippen molar-refractivity contribution in [2.24, 2.45) is 0 Å². The summed E-state index contributed by atoms with van der Waals surface area (Å²) in [6.07, 6.45) is 1.55. The zero-order valence-electron chi connectivity index (χ0n) is 27.7. The van der Waals surface area contributed by atoms with Crippen molar-refractivity contribution in [3.8, 4) is 0 Å². The Morgan fingerprint density at radius 3 is 1.50 bits per heavy atom. The van der Waals surface area contributed by atoms with Crippen LogP contribution in [0.15, 0.2) is 121 Å². The van der Waals surface area contributed by atoms with Gasteiger partial charge in [-0.1, -0.05) is 121 Å². The molecule has 6 nitrogen and oxygen atoms in total. The number of benzene rings is 4. The molecule has 1 aliphatic rings. The van der Waals surface area contributed by atoms with E-state index in [1.54, 1.807) is 0 Å². The van der Waals surface area contributed by atoms with Crippen molar-refractivity contribution in [1.82, 2.24) is 20.0 Å². The van der Waals surface area contributed by atoms with E-state index in [9.17, 15) is 4.79 Å². The van der Waals surface area contributed by atoms with Gasteiger partial charge in [-0.15, -0.1) is 0 Å². The smallest absolute Gasteiger partial charge is 0.411 e. The van der Waals surface area contributed by atoms with Gasteiger partial charge in [0.1, 0.15) is 6.61 Å². The van der Waals surface area contributed by atoms with Crippen LogP contribution in [0.3, 0.4) is 0 Å². The molecule has 1 fully saturated rings. The van der Waals surface area contributed by atoms with Crippen LogP contribution in [-0.2, 0) is 30.9 Å². The Labute approximate surface area is 276 Å². The Kier molecular flexibility index (Phi) is 12.0. The summed E-state index contributed by atoms with van der Waals surface area (Å²) < 4.78 is 6.31. The van der Waals surface area contributed by atoms with Crippen LogP contribution in [0, 0.1) is 0 Å². The highest BCUT2D eigenvalue weighted by Gasteiger charge is 2.42. The summed E-state index contributed by atoms with van der Waals surface area (Å²) >= 11 is 0. The van der Waals surface area contributed by atoms with E-state index >= 15 is 0 Å². The molecule has 0 bridgehead atoms. The third-order valence-corrected chi connectivity index (χ3v) is 9.19. The summed E-state index contributed by atoms with van der Waals surface area (Å²) in [7, 11) is 0. The number of ether oxygens (including phenoxy) is 1. The lowest BCUT2D eigenvalue weighted by atomic mass is 9.99. The van der Waals surface area contributed by atoms with E-state index in [0.29, 0.717) is 6.61 Å². The monoisotopic (exact) mass is 618 g/mol. The highest BCUT2D eigenvalue weighted by atomic mass is 16.6. The summed E-state index contributed by atoms with van der Waals surface area (Å²) in [4.78, 5) is 21.2. The van der Waals surface area contributed by atoms with E-state index in [4.69, 9.17) is 4.74 Å². The maximum atomic E-state index is 14.4. The van der Waals surface area contributed by atoms with Crippen molar-refractivity contribution in [1.29, 1.82) is 0 Å². The maximum Gasteiger partial charge on any atom is 0.411 e. The molecule has 1 saturated heterocycles. The van der Waals surface area contributed by atoms with Gasteiger partial charge in [0.15, 0.2) is 0 Å². The molecule has 4 aromatic rings. The molecule has 5 rings (SSSR count). The van der Waals surface area contributed by atoms with E-state index in [1.807, 2.05) is 17.0 Å². The third-order valence-electron chi connectivity index (χ3n) is 9.19. The van der Waals surface area contributed by atoms with Crippen LogP contribution in [0.4, 0.5) is 4.79 Å². The number of nitrogens with zero attached hydrogens (tertiary/aromatic N) is 3. The molecule has 0 aromatic heterocycles. The van der Waals surface area contributed by atoms with Gasteiger partial charge in [0.25, 0.3) is 0 Å². The Morgan fingerprint density at radius 1 is 0.696 bits per heavy atom. The van der Waals surface area contributed by atoms with Crippen LogP contribution in [0.2, 0.25) is 0 Å². The standard InChI is InChI=1S/C40H50N4O2/c1-33(42(28-34-16-8-4-9-17-34)29-35-18-10-5-11-19-35)32-46-39(45)44(38-24-26-41-27-25-38)40(2,3)43(30-36-20-12-6-13-21-36)31-37-22-14-7-15-23-37/h4-23,33,38,41H,24-32H2,1-3H3/t33-/m0/s1. The highest BCUT2D eigenvalue weighted by Crippen LogP contribution is 2.31. The van der Waals surface area contributed by atoms with Crippen LogP contribution in [0.25, 0.3) is 0 Å². The molecule has 6 heteroatoms. The summed E-state index contributed by atoms with van der Waals surface area (Å²) in [5, 5.41) is 3.48. The number of hydrogen-bond acceptors (Lipinski definition) is 5. The van der Waals surface area contributed by atoms with Crippen molar-refractivity contribution in [3.05, 3.63) is 144 Å². The van der Waals surface area contributed by atoms with Gasteiger partial charge in [-0.3, -0.25) is 14.7 Å². The molecule has 0 spiro atoms. The number of amides is 1. The normalized spacial score (nSPS) is 14.7. The van der Waals surface area contributed by atoms with Gasteiger partial charge in [-0.2, -0.15) is 0 Å². The van der Waals surface area contributed by atoms with Crippen LogP contribution in [0.1, 0.15) is 55.9 Å². The highest BCUT2D eigenvalue weighted by molar-refractivity contribution is 5.69.